The van der Waals surface area contributed by atoms with Crippen molar-refractivity contribution < 1.29 is 28.6 Å². The smallest absolute Gasteiger partial charge is 0.337 e. The predicted octanol–water partition coefficient (Wildman–Crippen LogP) is 3.27. The second-order valence-corrected chi connectivity index (χ2v) is 6.27. The number of hydrogen-bond acceptors (Lipinski definition) is 7. The summed E-state index contributed by atoms with van der Waals surface area (Å²) >= 11 is 1.11. The van der Waals surface area contributed by atoms with Crippen molar-refractivity contribution >= 4 is 40.4 Å². The Kier molecular flexibility index (Phi) is 5.51. The minimum Gasteiger partial charge on any atom is -0.493 e. The maximum atomic E-state index is 12.3. The van der Waals surface area contributed by atoms with Gasteiger partial charge in [-0.25, -0.2) is 9.78 Å². The van der Waals surface area contributed by atoms with Gasteiger partial charge in [-0.05, 0) is 12.1 Å². The predicted molar refractivity (Wildman–Crippen MR) is 99.9 cm³/mol. The van der Waals surface area contributed by atoms with Crippen LogP contribution in [-0.2, 0) is 4.79 Å². The fourth-order valence-corrected chi connectivity index (χ4v) is 3.02. The summed E-state index contributed by atoms with van der Waals surface area (Å²) in [6, 6.07) is 9.98. The molecular formula is C18H16N2O6S. The van der Waals surface area contributed by atoms with Gasteiger partial charge in [-0.2, -0.15) is 0 Å². The van der Waals surface area contributed by atoms with Crippen LogP contribution in [0.15, 0.2) is 46.0 Å². The highest BCUT2D eigenvalue weighted by molar-refractivity contribution is 7.99. The topological polar surface area (TPSA) is 111 Å². The zero-order chi connectivity index (χ0) is 19.4. The van der Waals surface area contributed by atoms with E-state index < -0.39 is 11.9 Å². The van der Waals surface area contributed by atoms with E-state index in [4.69, 9.17) is 13.9 Å². The molecule has 3 rings (SSSR count). The largest absolute Gasteiger partial charge is 0.493 e. The maximum absolute atomic E-state index is 12.3. The van der Waals surface area contributed by atoms with E-state index >= 15 is 0 Å². The van der Waals surface area contributed by atoms with Crippen LogP contribution in [0.5, 0.6) is 11.5 Å². The van der Waals surface area contributed by atoms with Crippen molar-refractivity contribution in [2.24, 2.45) is 0 Å². The van der Waals surface area contributed by atoms with Gasteiger partial charge in [-0.3, -0.25) is 4.79 Å². The maximum Gasteiger partial charge on any atom is 0.337 e. The summed E-state index contributed by atoms with van der Waals surface area (Å²) in [5.74, 6) is -1.03. The van der Waals surface area contributed by atoms with Crippen LogP contribution in [0.25, 0.3) is 11.1 Å². The van der Waals surface area contributed by atoms with Gasteiger partial charge in [0.25, 0.3) is 5.22 Å². The molecule has 0 unspecified atom stereocenters. The lowest BCUT2D eigenvalue weighted by atomic mass is 10.1. The molecule has 27 heavy (non-hydrogen) atoms. The van der Waals surface area contributed by atoms with Crippen LogP contribution in [0.3, 0.4) is 0 Å². The molecular weight excluding hydrogens is 372 g/mol. The number of nitrogens with one attached hydrogen (secondary N) is 1. The molecule has 2 aromatic carbocycles. The van der Waals surface area contributed by atoms with Crippen molar-refractivity contribution in [1.82, 2.24) is 4.98 Å². The number of ether oxygens (including phenoxy) is 2. The number of carbonyl (C=O) groups is 2. The molecule has 1 heterocycles. The highest BCUT2D eigenvalue weighted by atomic mass is 32.2. The Labute approximate surface area is 158 Å². The Hall–Kier alpha value is -3.20. The fourth-order valence-electron chi connectivity index (χ4n) is 2.39. The number of carboxylic acids is 1. The molecule has 0 radical (unpaired) electrons. The molecule has 2 N–H and O–H groups in total. The monoisotopic (exact) mass is 388 g/mol. The molecule has 0 fully saturated rings. The molecule has 3 aromatic rings. The van der Waals surface area contributed by atoms with Crippen LogP contribution >= 0.6 is 11.8 Å². The van der Waals surface area contributed by atoms with Crippen molar-refractivity contribution in [1.29, 1.82) is 0 Å². The molecule has 1 aromatic heterocycles. The van der Waals surface area contributed by atoms with Crippen molar-refractivity contribution in [2.75, 3.05) is 25.3 Å². The molecule has 0 spiro atoms. The van der Waals surface area contributed by atoms with Gasteiger partial charge in [0.15, 0.2) is 17.1 Å². The summed E-state index contributed by atoms with van der Waals surface area (Å²) < 4.78 is 15.8. The van der Waals surface area contributed by atoms with Gasteiger partial charge in [0.2, 0.25) is 5.91 Å². The molecule has 0 aliphatic rings. The number of aromatic carboxylic acids is 1. The fraction of sp³-hybridized carbons (Fsp3) is 0.167. The Morgan fingerprint density at radius 1 is 1.19 bits per heavy atom. The number of carbonyl (C=O) groups excluding carboxylic acids is 1. The lowest BCUT2D eigenvalue weighted by Crippen LogP contribution is -2.17. The summed E-state index contributed by atoms with van der Waals surface area (Å²) in [4.78, 5) is 28.0. The van der Waals surface area contributed by atoms with Gasteiger partial charge >= 0.3 is 5.97 Å². The first-order chi connectivity index (χ1) is 13.0. The number of carboxylic acid groups (broad SMARTS) is 1. The number of methoxy groups -OCH3 is 2. The third kappa shape index (κ3) is 4.14. The normalized spacial score (nSPS) is 10.6. The molecule has 0 atom stereocenters. The molecule has 8 nitrogen and oxygen atoms in total. The van der Waals surface area contributed by atoms with Gasteiger partial charge in [-0.1, -0.05) is 23.9 Å². The highest BCUT2D eigenvalue weighted by Crippen LogP contribution is 2.33. The number of anilines is 1. The summed E-state index contributed by atoms with van der Waals surface area (Å²) in [5.41, 5.74) is 1.35. The summed E-state index contributed by atoms with van der Waals surface area (Å²) in [6.45, 7) is 0. The summed E-state index contributed by atoms with van der Waals surface area (Å²) in [6.07, 6.45) is 0. The van der Waals surface area contributed by atoms with Crippen LogP contribution < -0.4 is 14.8 Å². The lowest BCUT2D eigenvalue weighted by molar-refractivity contribution is -0.113. The zero-order valence-corrected chi connectivity index (χ0v) is 15.3. The van der Waals surface area contributed by atoms with E-state index in [-0.39, 0.29) is 22.8 Å². The first-order valence-corrected chi connectivity index (χ1v) is 8.78. The number of amides is 1. The Bertz CT molecular complexity index is 968. The Morgan fingerprint density at radius 3 is 2.56 bits per heavy atom. The number of aromatic nitrogens is 1. The van der Waals surface area contributed by atoms with Gasteiger partial charge in [0, 0.05) is 12.1 Å². The number of fused-ring (bicyclic) bond motifs is 1. The molecule has 0 aliphatic heterocycles. The van der Waals surface area contributed by atoms with E-state index in [1.54, 1.807) is 6.07 Å². The van der Waals surface area contributed by atoms with E-state index in [2.05, 4.69) is 10.3 Å². The minimum atomic E-state index is -1.20. The lowest BCUT2D eigenvalue weighted by Gasteiger charge is -2.13. The number of rotatable bonds is 7. The van der Waals surface area contributed by atoms with E-state index in [9.17, 15) is 14.7 Å². The van der Waals surface area contributed by atoms with Crippen molar-refractivity contribution in [3.05, 3.63) is 42.0 Å². The van der Waals surface area contributed by atoms with E-state index in [0.29, 0.717) is 22.1 Å². The minimum absolute atomic E-state index is 0.000224. The van der Waals surface area contributed by atoms with Gasteiger partial charge < -0.3 is 24.3 Å². The standard InChI is InChI=1S/C18H16N2O6S/c1-24-14-7-10(17(22)23)12(8-15(14)25-2)19-16(21)9-27-18-20-11-5-3-4-6-13(11)26-18/h3-8H,9H2,1-2H3,(H,19,21)(H,22,23). The first-order valence-electron chi connectivity index (χ1n) is 7.79. The molecule has 0 aliphatic carbocycles. The van der Waals surface area contributed by atoms with Crippen LogP contribution in [-0.4, -0.2) is 41.9 Å². The van der Waals surface area contributed by atoms with Crippen LogP contribution in [0.4, 0.5) is 5.69 Å². The number of para-hydroxylation sites is 2. The van der Waals surface area contributed by atoms with Gasteiger partial charge in [0.05, 0.1) is 31.2 Å². The molecule has 1 amide bonds. The van der Waals surface area contributed by atoms with Crippen LogP contribution in [0.2, 0.25) is 0 Å². The second-order valence-electron chi connectivity index (χ2n) is 5.34. The number of benzene rings is 2. The highest BCUT2D eigenvalue weighted by Gasteiger charge is 2.18. The first kappa shape index (κ1) is 18.6. The van der Waals surface area contributed by atoms with Gasteiger partial charge in [-0.15, -0.1) is 0 Å². The van der Waals surface area contributed by atoms with Crippen molar-refractivity contribution in [3.63, 3.8) is 0 Å². The van der Waals surface area contributed by atoms with Crippen molar-refractivity contribution in [3.8, 4) is 11.5 Å². The average Bonchev–Trinajstić information content (AvgIpc) is 3.08. The Morgan fingerprint density at radius 2 is 1.89 bits per heavy atom. The summed E-state index contributed by atoms with van der Waals surface area (Å²) in [5, 5.41) is 12.3. The quantitative estimate of drug-likeness (QED) is 0.593. The van der Waals surface area contributed by atoms with Gasteiger partial charge in [0.1, 0.15) is 5.52 Å². The molecule has 140 valence electrons. The number of thioether (sulfide) groups is 1. The van der Waals surface area contributed by atoms with E-state index in [1.807, 2.05) is 18.2 Å². The second kappa shape index (κ2) is 8.00. The molecule has 0 bridgehead atoms. The third-order valence-electron chi connectivity index (χ3n) is 3.63. The zero-order valence-electron chi connectivity index (χ0n) is 14.5. The van der Waals surface area contributed by atoms with Crippen LogP contribution in [0, 0.1) is 0 Å². The number of nitrogens with zero attached hydrogens (tertiary/aromatic N) is 1. The van der Waals surface area contributed by atoms with E-state index in [1.165, 1.54) is 26.4 Å². The molecule has 0 saturated heterocycles. The summed E-state index contributed by atoms with van der Waals surface area (Å²) in [7, 11) is 2.83. The SMILES string of the molecule is COc1cc(NC(=O)CSc2nc3ccccc3o2)c(C(=O)O)cc1OC. The number of oxazole rings is 1. The third-order valence-corrected chi connectivity index (χ3v) is 4.46. The van der Waals surface area contributed by atoms with E-state index in [0.717, 1.165) is 11.8 Å². The molecule has 0 saturated carbocycles. The van der Waals surface area contributed by atoms with Crippen molar-refractivity contribution in [2.45, 2.75) is 5.22 Å². The Balaban J connectivity index is 1.73. The number of hydrogen-bond donors (Lipinski definition) is 2. The average molecular weight is 388 g/mol. The molecule has 9 heteroatoms. The van der Waals surface area contributed by atoms with Crippen LogP contribution in [0.1, 0.15) is 10.4 Å².